The van der Waals surface area contributed by atoms with Crippen molar-refractivity contribution >= 4 is 34.9 Å². The molecule has 1 heterocycles. The molecule has 3 nitrogen and oxygen atoms in total. The molecule has 0 radical (unpaired) electrons. The molecule has 30 heavy (non-hydrogen) atoms. The number of carbonyl (C=O) groups is 2. The molecule has 1 fully saturated rings. The zero-order valence-corrected chi connectivity index (χ0v) is 18.9. The number of likely N-dealkylation sites (tertiary alicyclic amines) is 1. The fourth-order valence-electron chi connectivity index (χ4n) is 4.61. The van der Waals surface area contributed by atoms with Crippen molar-refractivity contribution in [3.8, 4) is 0 Å². The summed E-state index contributed by atoms with van der Waals surface area (Å²) in [7, 11) is 0. The van der Waals surface area contributed by atoms with Crippen LogP contribution in [0, 0.1) is 5.92 Å². The summed E-state index contributed by atoms with van der Waals surface area (Å²) in [5.41, 5.74) is 2.03. The van der Waals surface area contributed by atoms with E-state index in [0.717, 1.165) is 11.1 Å². The molecule has 1 saturated heterocycles. The summed E-state index contributed by atoms with van der Waals surface area (Å²) in [5, 5.41) is 1.29. The third-order valence-electron chi connectivity index (χ3n) is 5.95. The van der Waals surface area contributed by atoms with Crippen molar-refractivity contribution in [2.24, 2.45) is 5.92 Å². The number of halogens is 2. The second kappa shape index (κ2) is 9.80. The number of carbonyl (C=O) groups excluding carboxylic acids is 2. The maximum atomic E-state index is 13.6. The van der Waals surface area contributed by atoms with Crippen molar-refractivity contribution in [3.05, 3.63) is 82.4 Å². The number of piperidine rings is 1. The summed E-state index contributed by atoms with van der Waals surface area (Å²) in [5.74, 6) is -0.214. The number of allylic oxidation sites excluding steroid dienone is 1. The highest BCUT2D eigenvalue weighted by Gasteiger charge is 2.45. The summed E-state index contributed by atoms with van der Waals surface area (Å²) >= 11 is 12.4. The predicted octanol–water partition coefficient (Wildman–Crippen LogP) is 6.61. The van der Waals surface area contributed by atoms with Crippen LogP contribution in [0.4, 0.5) is 0 Å². The molecule has 0 aliphatic carbocycles. The molecule has 0 saturated carbocycles. The van der Waals surface area contributed by atoms with Crippen molar-refractivity contribution in [1.29, 1.82) is 0 Å². The van der Waals surface area contributed by atoms with Gasteiger partial charge in [0.1, 0.15) is 0 Å². The topological polar surface area (TPSA) is 37.4 Å². The number of nitrogens with zero attached hydrogens (tertiary/aromatic N) is 1. The number of benzene rings is 2. The zero-order chi connectivity index (χ0) is 21.8. The molecule has 2 aromatic rings. The molecule has 0 spiro atoms. The van der Waals surface area contributed by atoms with E-state index in [4.69, 9.17) is 23.2 Å². The van der Waals surface area contributed by atoms with E-state index in [-0.39, 0.29) is 29.6 Å². The number of ketones is 1. The quantitative estimate of drug-likeness (QED) is 0.451. The third-order valence-corrected chi connectivity index (χ3v) is 6.44. The first-order chi connectivity index (χ1) is 14.4. The number of Topliss-reactive ketones (excluding diaryl/α,β-unsaturated/α-hetero) is 1. The van der Waals surface area contributed by atoms with Gasteiger partial charge in [0, 0.05) is 21.9 Å². The monoisotopic (exact) mass is 443 g/mol. The van der Waals surface area contributed by atoms with Crippen molar-refractivity contribution in [2.45, 2.75) is 51.1 Å². The molecule has 5 heteroatoms. The van der Waals surface area contributed by atoms with Crippen LogP contribution in [0.1, 0.15) is 56.2 Å². The maximum Gasteiger partial charge on any atom is 0.227 e. The first kappa shape index (κ1) is 22.6. The van der Waals surface area contributed by atoms with Gasteiger partial charge in [-0.1, -0.05) is 60.5 Å². The van der Waals surface area contributed by atoms with E-state index in [9.17, 15) is 9.59 Å². The Morgan fingerprint density at radius 2 is 1.87 bits per heavy atom. The van der Waals surface area contributed by atoms with Gasteiger partial charge in [-0.3, -0.25) is 9.59 Å². The lowest BCUT2D eigenvalue weighted by atomic mass is 9.74. The zero-order valence-electron chi connectivity index (χ0n) is 17.4. The second-order valence-electron chi connectivity index (χ2n) is 7.90. The van der Waals surface area contributed by atoms with Crippen LogP contribution in [0.25, 0.3) is 0 Å². The Balaban J connectivity index is 2.20. The Bertz CT molecular complexity index is 925. The van der Waals surface area contributed by atoms with Gasteiger partial charge in [0.05, 0.1) is 12.1 Å². The van der Waals surface area contributed by atoms with Crippen LogP contribution in [0.3, 0.4) is 0 Å². The van der Waals surface area contributed by atoms with Gasteiger partial charge in [-0.25, -0.2) is 0 Å². The summed E-state index contributed by atoms with van der Waals surface area (Å²) in [6, 6.07) is 14.6. The Morgan fingerprint density at radius 3 is 2.43 bits per heavy atom. The Labute approximate surface area is 188 Å². The first-order valence-corrected chi connectivity index (χ1v) is 11.1. The minimum absolute atomic E-state index is 0.000857. The standard InChI is InChI=1S/C25H27Cl2NO2/c1-4-7-19-15-22(18-8-6-9-21(27)14-18)24(17-10-12-20(26)13-11-17)28(25(19)30)23(5-2)16(3)29/h4,6,8-14,19,22-24H,1,5,7,15H2,2-3H3/t19-,22+,23-,24?/m0/s1. The van der Waals surface area contributed by atoms with Gasteiger partial charge in [0.2, 0.25) is 5.91 Å². The van der Waals surface area contributed by atoms with Crippen molar-refractivity contribution in [2.75, 3.05) is 0 Å². The van der Waals surface area contributed by atoms with Crippen LogP contribution in [-0.4, -0.2) is 22.6 Å². The van der Waals surface area contributed by atoms with Crippen molar-refractivity contribution in [1.82, 2.24) is 4.90 Å². The van der Waals surface area contributed by atoms with E-state index in [0.29, 0.717) is 29.3 Å². The molecule has 1 aliphatic rings. The van der Waals surface area contributed by atoms with Gasteiger partial charge in [-0.2, -0.15) is 0 Å². The average molecular weight is 444 g/mol. The van der Waals surface area contributed by atoms with E-state index in [1.807, 2.05) is 60.4 Å². The molecule has 0 aromatic heterocycles. The molecule has 1 aliphatic heterocycles. The number of amides is 1. The first-order valence-electron chi connectivity index (χ1n) is 10.3. The minimum Gasteiger partial charge on any atom is -0.325 e. The van der Waals surface area contributed by atoms with Gasteiger partial charge >= 0.3 is 0 Å². The second-order valence-corrected chi connectivity index (χ2v) is 8.77. The predicted molar refractivity (Wildman–Crippen MR) is 123 cm³/mol. The van der Waals surface area contributed by atoms with Crippen LogP contribution >= 0.6 is 23.2 Å². The molecule has 0 bridgehead atoms. The SMILES string of the molecule is C=CC[C@H]1C[C@H](c2cccc(Cl)c2)C(c2ccc(Cl)cc2)N([C@@H](CC)C(C)=O)C1=O. The van der Waals surface area contributed by atoms with Crippen LogP contribution in [0.2, 0.25) is 10.0 Å². The Hall–Kier alpha value is -2.10. The molecule has 0 N–H and O–H groups in total. The molecule has 1 unspecified atom stereocenters. The van der Waals surface area contributed by atoms with Gasteiger partial charge in [-0.05, 0) is 61.6 Å². The van der Waals surface area contributed by atoms with Crippen molar-refractivity contribution < 1.29 is 9.59 Å². The highest BCUT2D eigenvalue weighted by molar-refractivity contribution is 6.30. The number of hydrogen-bond acceptors (Lipinski definition) is 2. The van der Waals surface area contributed by atoms with E-state index in [2.05, 4.69) is 6.58 Å². The summed E-state index contributed by atoms with van der Waals surface area (Å²) in [6.45, 7) is 7.35. The normalized spacial score (nSPS) is 22.6. The molecular formula is C25H27Cl2NO2. The minimum atomic E-state index is -0.479. The van der Waals surface area contributed by atoms with E-state index < -0.39 is 6.04 Å². The van der Waals surface area contributed by atoms with E-state index in [1.165, 1.54) is 0 Å². The fraction of sp³-hybridized carbons (Fsp3) is 0.360. The van der Waals surface area contributed by atoms with Crippen LogP contribution in [0.15, 0.2) is 61.2 Å². The smallest absolute Gasteiger partial charge is 0.227 e. The molecule has 4 atom stereocenters. The fourth-order valence-corrected chi connectivity index (χ4v) is 4.94. The highest BCUT2D eigenvalue weighted by atomic mass is 35.5. The number of hydrogen-bond donors (Lipinski definition) is 0. The van der Waals surface area contributed by atoms with Gasteiger partial charge in [0.25, 0.3) is 0 Å². The van der Waals surface area contributed by atoms with E-state index >= 15 is 0 Å². The lowest BCUT2D eigenvalue weighted by molar-refractivity contribution is -0.150. The van der Waals surface area contributed by atoms with Crippen molar-refractivity contribution in [3.63, 3.8) is 0 Å². The number of rotatable bonds is 7. The van der Waals surface area contributed by atoms with Gasteiger partial charge in [-0.15, -0.1) is 6.58 Å². The molecule has 3 rings (SSSR count). The molecular weight excluding hydrogens is 417 g/mol. The van der Waals surface area contributed by atoms with Gasteiger partial charge < -0.3 is 4.90 Å². The highest BCUT2D eigenvalue weighted by Crippen LogP contribution is 2.47. The molecule has 2 aromatic carbocycles. The largest absolute Gasteiger partial charge is 0.325 e. The average Bonchev–Trinajstić information content (AvgIpc) is 2.71. The summed E-state index contributed by atoms with van der Waals surface area (Å²) < 4.78 is 0. The Kier molecular flexibility index (Phi) is 7.38. The van der Waals surface area contributed by atoms with E-state index in [1.54, 1.807) is 13.0 Å². The summed E-state index contributed by atoms with van der Waals surface area (Å²) in [4.78, 5) is 28.0. The lowest BCUT2D eigenvalue weighted by Crippen LogP contribution is -2.53. The summed E-state index contributed by atoms with van der Waals surface area (Å²) in [6.07, 6.45) is 3.60. The van der Waals surface area contributed by atoms with Crippen LogP contribution in [0.5, 0.6) is 0 Å². The Morgan fingerprint density at radius 1 is 1.17 bits per heavy atom. The van der Waals surface area contributed by atoms with Crippen LogP contribution in [-0.2, 0) is 9.59 Å². The maximum absolute atomic E-state index is 13.6. The molecule has 1 amide bonds. The third kappa shape index (κ3) is 4.63. The lowest BCUT2D eigenvalue weighted by Gasteiger charge is -2.47. The van der Waals surface area contributed by atoms with Crippen LogP contribution < -0.4 is 0 Å². The van der Waals surface area contributed by atoms with Gasteiger partial charge in [0.15, 0.2) is 5.78 Å². The molecule has 158 valence electrons.